The average molecular weight is 607 g/mol. The van der Waals surface area contributed by atoms with Crippen molar-refractivity contribution in [3.8, 4) is 0 Å². The number of sulfonamides is 1. The highest BCUT2D eigenvalue weighted by Gasteiger charge is 2.31. The Hall–Kier alpha value is -2.86. The molecule has 8 nitrogen and oxygen atoms in total. The topological polar surface area (TPSA) is 93.5 Å². The lowest BCUT2D eigenvalue weighted by molar-refractivity contribution is -0.118. The van der Waals surface area contributed by atoms with Crippen molar-refractivity contribution >= 4 is 27.5 Å². The van der Waals surface area contributed by atoms with Crippen LogP contribution in [-0.2, 0) is 39.1 Å². The second-order valence-electron chi connectivity index (χ2n) is 10.8. The Morgan fingerprint density at radius 3 is 2.68 bits per heavy atom. The smallest absolute Gasteiger partial charge is 0.283 e. The molecule has 1 aliphatic carbocycles. The van der Waals surface area contributed by atoms with E-state index in [2.05, 4.69) is 14.7 Å². The number of aryl methyl sites for hydroxylation is 1. The molecule has 1 atom stereocenters. The van der Waals surface area contributed by atoms with Gasteiger partial charge in [0, 0.05) is 38.7 Å². The minimum atomic E-state index is -4.17. The van der Waals surface area contributed by atoms with Crippen LogP contribution in [0.1, 0.15) is 65.1 Å². The van der Waals surface area contributed by atoms with Gasteiger partial charge in [0.25, 0.3) is 10.0 Å². The second-order valence-corrected chi connectivity index (χ2v) is 12.8. The molecule has 1 amide bonds. The van der Waals surface area contributed by atoms with Gasteiger partial charge in [-0.15, -0.1) is 0 Å². The lowest BCUT2D eigenvalue weighted by Gasteiger charge is -2.26. The van der Waals surface area contributed by atoms with Crippen LogP contribution in [0.15, 0.2) is 35.4 Å². The van der Waals surface area contributed by atoms with Gasteiger partial charge < -0.3 is 4.74 Å². The first-order valence-corrected chi connectivity index (χ1v) is 15.4. The van der Waals surface area contributed by atoms with Gasteiger partial charge in [-0.25, -0.2) is 13.5 Å². The van der Waals surface area contributed by atoms with Crippen LogP contribution < -0.4 is 4.72 Å². The lowest BCUT2D eigenvalue weighted by Crippen LogP contribution is -2.36. The van der Waals surface area contributed by atoms with E-state index in [1.807, 2.05) is 26.0 Å². The van der Waals surface area contributed by atoms with E-state index >= 15 is 0 Å². The van der Waals surface area contributed by atoms with Crippen molar-refractivity contribution in [2.24, 2.45) is 0 Å². The second kappa shape index (κ2) is 11.8. The number of halogens is 3. The van der Waals surface area contributed by atoms with Gasteiger partial charge in [0.2, 0.25) is 5.91 Å². The lowest BCUT2D eigenvalue weighted by atomic mass is 9.86. The summed E-state index contributed by atoms with van der Waals surface area (Å²) in [5, 5.41) is 3.52. The summed E-state index contributed by atoms with van der Waals surface area (Å²) in [6, 6.07) is 7.86. The molecule has 3 aromatic rings. The number of benzene rings is 2. The molecule has 1 unspecified atom stereocenters. The third-order valence-corrected chi connectivity index (χ3v) is 9.50. The molecule has 41 heavy (non-hydrogen) atoms. The van der Waals surface area contributed by atoms with Crippen LogP contribution in [0.3, 0.4) is 0 Å². The van der Waals surface area contributed by atoms with Gasteiger partial charge in [-0.2, -0.15) is 13.5 Å². The molecule has 0 spiro atoms. The van der Waals surface area contributed by atoms with Gasteiger partial charge >= 0.3 is 0 Å². The highest BCUT2D eigenvalue weighted by molar-refractivity contribution is 7.90. The number of amides is 1. The average Bonchev–Trinajstić information content (AvgIpc) is 3.68. The number of methoxy groups -OCH3 is 1. The maximum Gasteiger partial charge on any atom is 0.283 e. The quantitative estimate of drug-likeness (QED) is 0.338. The molecule has 220 valence electrons. The predicted octanol–water partition coefficient (Wildman–Crippen LogP) is 4.66. The minimum absolute atomic E-state index is 0.124. The van der Waals surface area contributed by atoms with Crippen molar-refractivity contribution in [3.05, 3.63) is 80.5 Å². The maximum absolute atomic E-state index is 14.8. The minimum Gasteiger partial charge on any atom is -0.383 e. The van der Waals surface area contributed by atoms with E-state index in [1.165, 1.54) is 12.1 Å². The monoisotopic (exact) mass is 606 g/mol. The fourth-order valence-corrected chi connectivity index (χ4v) is 6.56. The van der Waals surface area contributed by atoms with Gasteiger partial charge in [0.05, 0.1) is 25.3 Å². The summed E-state index contributed by atoms with van der Waals surface area (Å²) in [5.74, 6) is -2.43. The molecular formula is C29H33ClF2N4O4S. The molecule has 1 saturated carbocycles. The van der Waals surface area contributed by atoms with Crippen LogP contribution in [0, 0.1) is 18.6 Å². The van der Waals surface area contributed by atoms with Crippen LogP contribution >= 0.6 is 11.6 Å². The molecule has 1 aromatic heterocycles. The zero-order chi connectivity index (χ0) is 29.5. The fourth-order valence-electron chi connectivity index (χ4n) is 5.41. The van der Waals surface area contributed by atoms with E-state index in [0.29, 0.717) is 19.7 Å². The highest BCUT2D eigenvalue weighted by Crippen LogP contribution is 2.44. The molecule has 5 rings (SSSR count). The molecule has 2 aromatic carbocycles. The van der Waals surface area contributed by atoms with E-state index in [4.69, 9.17) is 16.3 Å². The molecule has 0 bridgehead atoms. The Morgan fingerprint density at radius 2 is 1.98 bits per heavy atom. The van der Waals surface area contributed by atoms with Crippen molar-refractivity contribution in [2.75, 3.05) is 26.8 Å². The number of hydrogen-bond acceptors (Lipinski definition) is 6. The normalized spacial score (nSPS) is 16.4. The first kappa shape index (κ1) is 29.6. The summed E-state index contributed by atoms with van der Waals surface area (Å²) in [6.45, 7) is 6.79. The van der Waals surface area contributed by atoms with Crippen molar-refractivity contribution < 1.29 is 26.7 Å². The zero-order valence-corrected chi connectivity index (χ0v) is 24.8. The molecule has 0 saturated heterocycles. The van der Waals surface area contributed by atoms with E-state index in [1.54, 1.807) is 11.8 Å². The van der Waals surface area contributed by atoms with Gasteiger partial charge in [-0.3, -0.25) is 14.4 Å². The summed E-state index contributed by atoms with van der Waals surface area (Å²) in [7, 11) is -2.53. The number of rotatable bonds is 10. The molecule has 1 aliphatic heterocycles. The molecule has 1 N–H and O–H groups in total. The Kier molecular flexibility index (Phi) is 8.52. The van der Waals surface area contributed by atoms with Crippen molar-refractivity contribution in [2.45, 2.75) is 63.1 Å². The number of fused-ring (bicyclic) bond motifs is 1. The van der Waals surface area contributed by atoms with Crippen molar-refractivity contribution in [1.29, 1.82) is 0 Å². The predicted molar refractivity (Wildman–Crippen MR) is 150 cm³/mol. The number of nitrogens with zero attached hydrogens (tertiary/aromatic N) is 3. The summed E-state index contributed by atoms with van der Waals surface area (Å²) in [4.78, 5) is 15.2. The Balaban J connectivity index is 1.34. The number of nitrogens with one attached hydrogen (secondary N) is 1. The molecular weight excluding hydrogens is 574 g/mol. The van der Waals surface area contributed by atoms with E-state index in [-0.39, 0.29) is 22.9 Å². The number of carbonyl (C=O) groups is 1. The first-order chi connectivity index (χ1) is 19.5. The van der Waals surface area contributed by atoms with E-state index in [9.17, 15) is 22.0 Å². The van der Waals surface area contributed by atoms with Crippen molar-refractivity contribution in [1.82, 2.24) is 19.4 Å². The standard InChI is InChI=1S/C29H33ClF2N4O4S/c1-17-12-20(18(2)22-6-7-25(31)28(30)29(22)32)13-24(19-4-5-19)23(17)15-26(37)34-41(38,39)27-14-21-16-35(10-11-40-3)8-9-36(21)33-27/h6-7,12-14,18-19H,4-5,8-11,15-16H2,1-3H3,(H,34,37). The van der Waals surface area contributed by atoms with Crippen LogP contribution in [0.25, 0.3) is 0 Å². The Labute approximate surface area is 243 Å². The van der Waals surface area contributed by atoms with Crippen LogP contribution in [0.5, 0.6) is 0 Å². The number of hydrogen-bond donors (Lipinski definition) is 1. The fraction of sp³-hybridized carbons (Fsp3) is 0.448. The zero-order valence-electron chi connectivity index (χ0n) is 23.2. The van der Waals surface area contributed by atoms with Crippen LogP contribution in [0.4, 0.5) is 8.78 Å². The number of carbonyl (C=O) groups excluding carboxylic acids is 1. The highest BCUT2D eigenvalue weighted by atomic mass is 35.5. The van der Waals surface area contributed by atoms with Gasteiger partial charge in [0.1, 0.15) is 16.7 Å². The maximum atomic E-state index is 14.8. The summed E-state index contributed by atoms with van der Waals surface area (Å²) < 4.78 is 63.7. The Bertz CT molecular complexity index is 1590. The molecule has 1 fully saturated rings. The third-order valence-electron chi connectivity index (χ3n) is 7.91. The van der Waals surface area contributed by atoms with Gasteiger partial charge in [-0.1, -0.05) is 36.7 Å². The van der Waals surface area contributed by atoms with Crippen molar-refractivity contribution in [3.63, 3.8) is 0 Å². The van der Waals surface area contributed by atoms with Gasteiger partial charge in [-0.05, 0) is 59.6 Å². The van der Waals surface area contributed by atoms with Crippen LogP contribution in [-0.4, -0.2) is 55.8 Å². The summed E-state index contributed by atoms with van der Waals surface area (Å²) in [6.07, 6.45) is 1.77. The van der Waals surface area contributed by atoms with Gasteiger partial charge in [0.15, 0.2) is 5.03 Å². The molecule has 0 radical (unpaired) electrons. The molecule has 2 heterocycles. The first-order valence-electron chi connectivity index (χ1n) is 13.6. The van der Waals surface area contributed by atoms with Crippen LogP contribution in [0.2, 0.25) is 5.02 Å². The molecule has 12 heteroatoms. The number of aromatic nitrogens is 2. The summed E-state index contributed by atoms with van der Waals surface area (Å²) >= 11 is 5.82. The molecule has 2 aliphatic rings. The number of ether oxygens (including phenoxy) is 1. The SMILES string of the molecule is COCCN1CCn2nc(S(=O)(=O)NC(=O)Cc3c(C)cc(C(C)c4ccc(F)c(Cl)c4F)cc3C3CC3)cc2C1. The van der Waals surface area contributed by atoms with E-state index < -0.39 is 38.5 Å². The summed E-state index contributed by atoms with van der Waals surface area (Å²) in [5.41, 5.74) is 4.35. The van der Waals surface area contributed by atoms with E-state index in [0.717, 1.165) is 59.9 Å². The Morgan fingerprint density at radius 1 is 1.22 bits per heavy atom. The third kappa shape index (κ3) is 6.33. The largest absolute Gasteiger partial charge is 0.383 e.